The van der Waals surface area contributed by atoms with Gasteiger partial charge in [-0.05, 0) is 48.6 Å². The van der Waals surface area contributed by atoms with E-state index in [0.29, 0.717) is 0 Å². The highest BCUT2D eigenvalue weighted by molar-refractivity contribution is 7.99. The molecule has 5 heteroatoms. The van der Waals surface area contributed by atoms with Crippen LogP contribution in [0.15, 0.2) is 41.7 Å². The molecule has 5 rings (SSSR count). The van der Waals surface area contributed by atoms with Gasteiger partial charge in [-0.15, -0.1) is 11.8 Å². The number of fused-ring (bicyclic) bond motifs is 1. The molecule has 1 aromatic carbocycles. The van der Waals surface area contributed by atoms with Crippen molar-refractivity contribution in [2.75, 3.05) is 18.0 Å². The lowest BCUT2D eigenvalue weighted by molar-refractivity contribution is 0.187. The molecule has 2 fully saturated rings. The van der Waals surface area contributed by atoms with Crippen LogP contribution in [0.2, 0.25) is 0 Å². The molecule has 1 aliphatic heterocycles. The highest BCUT2D eigenvalue weighted by Crippen LogP contribution is 2.50. The van der Waals surface area contributed by atoms with Gasteiger partial charge >= 0.3 is 0 Å². The fraction of sp³-hybridized carbons (Fsp3) is 0.583. The number of nitrogens with zero attached hydrogens (tertiary/aromatic N) is 3. The second-order valence-electron chi connectivity index (χ2n) is 8.79. The maximum atomic E-state index is 6.70. The van der Waals surface area contributed by atoms with Gasteiger partial charge in [-0.3, -0.25) is 0 Å². The van der Waals surface area contributed by atoms with Crippen LogP contribution in [0.3, 0.4) is 0 Å². The molecule has 0 unspecified atom stereocenters. The Morgan fingerprint density at radius 3 is 2.45 bits per heavy atom. The lowest BCUT2D eigenvalue weighted by Gasteiger charge is -2.42. The highest BCUT2D eigenvalue weighted by atomic mass is 32.2. The molecule has 2 heterocycles. The molecular weight excluding hydrogens is 376 g/mol. The van der Waals surface area contributed by atoms with Crippen molar-refractivity contribution in [2.24, 2.45) is 11.1 Å². The Morgan fingerprint density at radius 1 is 1.00 bits per heavy atom. The van der Waals surface area contributed by atoms with Crippen molar-refractivity contribution < 1.29 is 0 Å². The van der Waals surface area contributed by atoms with Crippen LogP contribution < -0.4 is 10.6 Å². The number of nitrogens with two attached hydrogens (primary N) is 1. The molecule has 2 aromatic rings. The van der Waals surface area contributed by atoms with Gasteiger partial charge in [0, 0.05) is 24.4 Å². The smallest absolute Gasteiger partial charge is 0.147 e. The van der Waals surface area contributed by atoms with Crippen LogP contribution >= 0.6 is 11.8 Å². The van der Waals surface area contributed by atoms with Crippen LogP contribution in [-0.4, -0.2) is 28.3 Å². The molecule has 29 heavy (non-hydrogen) atoms. The van der Waals surface area contributed by atoms with E-state index in [1.165, 1.54) is 43.2 Å². The van der Waals surface area contributed by atoms with Crippen LogP contribution in [0.1, 0.15) is 69.5 Å². The van der Waals surface area contributed by atoms with Gasteiger partial charge in [0.15, 0.2) is 0 Å². The maximum Gasteiger partial charge on any atom is 0.147 e. The minimum atomic E-state index is 0. The molecule has 0 bridgehead atoms. The number of hydrogen-bond donors (Lipinski definition) is 1. The Labute approximate surface area is 179 Å². The summed E-state index contributed by atoms with van der Waals surface area (Å²) in [6, 6.07) is 8.91. The van der Waals surface area contributed by atoms with Gasteiger partial charge in [0.1, 0.15) is 10.8 Å². The summed E-state index contributed by atoms with van der Waals surface area (Å²) < 4.78 is 0. The van der Waals surface area contributed by atoms with Crippen molar-refractivity contribution >= 4 is 17.6 Å². The SMILES string of the molecule is C.N[C@@H]1c2ccccc2CC12CCN(c1cnc(SC3CCCCC3)cn1)CC2. The second-order valence-corrected chi connectivity index (χ2v) is 10.1. The number of anilines is 1. The first kappa shape index (κ1) is 20.7. The van der Waals surface area contributed by atoms with E-state index >= 15 is 0 Å². The lowest BCUT2D eigenvalue weighted by Crippen LogP contribution is -2.44. The van der Waals surface area contributed by atoms with Gasteiger partial charge in [0.2, 0.25) is 0 Å². The van der Waals surface area contributed by atoms with Gasteiger partial charge in [-0.2, -0.15) is 0 Å². The number of hydrogen-bond acceptors (Lipinski definition) is 5. The first-order chi connectivity index (χ1) is 13.7. The largest absolute Gasteiger partial charge is 0.355 e. The summed E-state index contributed by atoms with van der Waals surface area (Å²) in [6.07, 6.45) is 14.1. The Hall–Kier alpha value is -1.59. The van der Waals surface area contributed by atoms with Crippen molar-refractivity contribution in [2.45, 2.75) is 75.1 Å². The highest BCUT2D eigenvalue weighted by Gasteiger charge is 2.45. The Balaban J connectivity index is 0.00000205. The summed E-state index contributed by atoms with van der Waals surface area (Å²) in [6.45, 7) is 2.04. The normalized spacial score (nSPS) is 23.6. The fourth-order valence-corrected chi connectivity index (χ4v) is 6.51. The number of thioether (sulfide) groups is 1. The minimum absolute atomic E-state index is 0. The van der Waals surface area contributed by atoms with Crippen molar-refractivity contribution in [1.29, 1.82) is 0 Å². The average Bonchev–Trinajstić information content (AvgIpc) is 3.02. The molecule has 1 saturated heterocycles. The summed E-state index contributed by atoms with van der Waals surface area (Å²) in [7, 11) is 0. The number of piperidine rings is 1. The molecule has 1 aromatic heterocycles. The third kappa shape index (κ3) is 4.04. The van der Waals surface area contributed by atoms with E-state index < -0.39 is 0 Å². The van der Waals surface area contributed by atoms with Gasteiger partial charge < -0.3 is 10.6 Å². The molecule has 3 aliphatic rings. The van der Waals surface area contributed by atoms with Crippen LogP contribution in [0.5, 0.6) is 0 Å². The van der Waals surface area contributed by atoms with Crippen LogP contribution in [0.25, 0.3) is 0 Å². The van der Waals surface area contributed by atoms with Crippen molar-refractivity contribution in [3.8, 4) is 0 Å². The zero-order valence-electron chi connectivity index (χ0n) is 16.5. The Kier molecular flexibility index (Phi) is 6.16. The van der Waals surface area contributed by atoms with E-state index in [4.69, 9.17) is 15.7 Å². The summed E-state index contributed by atoms with van der Waals surface area (Å²) in [4.78, 5) is 11.9. The molecule has 4 nitrogen and oxygen atoms in total. The predicted octanol–water partition coefficient (Wildman–Crippen LogP) is 5.38. The topological polar surface area (TPSA) is 55.0 Å². The predicted molar refractivity (Wildman–Crippen MR) is 122 cm³/mol. The van der Waals surface area contributed by atoms with Crippen LogP contribution in [0.4, 0.5) is 5.82 Å². The summed E-state index contributed by atoms with van der Waals surface area (Å²) in [5.74, 6) is 1.02. The first-order valence-electron chi connectivity index (χ1n) is 10.8. The van der Waals surface area contributed by atoms with E-state index in [1.807, 2.05) is 24.2 Å². The molecule has 156 valence electrons. The van der Waals surface area contributed by atoms with E-state index in [2.05, 4.69) is 29.2 Å². The number of benzene rings is 1. The molecule has 2 aliphatic carbocycles. The molecule has 1 spiro atoms. The van der Waals surface area contributed by atoms with Gasteiger partial charge in [0.05, 0.1) is 12.4 Å². The monoisotopic (exact) mass is 410 g/mol. The van der Waals surface area contributed by atoms with Crippen molar-refractivity contribution in [3.05, 3.63) is 47.8 Å². The molecule has 1 atom stereocenters. The minimum Gasteiger partial charge on any atom is -0.355 e. The lowest BCUT2D eigenvalue weighted by atomic mass is 9.73. The molecule has 0 amide bonds. The van der Waals surface area contributed by atoms with Crippen molar-refractivity contribution in [3.63, 3.8) is 0 Å². The van der Waals surface area contributed by atoms with Crippen LogP contribution in [0, 0.1) is 5.41 Å². The fourth-order valence-electron chi connectivity index (χ4n) is 5.37. The number of rotatable bonds is 3. The number of aromatic nitrogens is 2. The quantitative estimate of drug-likeness (QED) is 0.736. The van der Waals surface area contributed by atoms with Crippen molar-refractivity contribution in [1.82, 2.24) is 9.97 Å². The van der Waals surface area contributed by atoms with Gasteiger partial charge in [-0.25, -0.2) is 9.97 Å². The van der Waals surface area contributed by atoms with E-state index in [9.17, 15) is 0 Å². The first-order valence-corrected chi connectivity index (χ1v) is 11.7. The zero-order valence-corrected chi connectivity index (χ0v) is 17.3. The molecular formula is C24H34N4S. The van der Waals surface area contributed by atoms with Gasteiger partial charge in [0.25, 0.3) is 0 Å². The Bertz CT molecular complexity index is 808. The third-order valence-electron chi connectivity index (χ3n) is 7.13. The molecule has 1 saturated carbocycles. The van der Waals surface area contributed by atoms with E-state index in [0.717, 1.165) is 48.4 Å². The van der Waals surface area contributed by atoms with Gasteiger partial charge in [-0.1, -0.05) is 51.0 Å². The van der Waals surface area contributed by atoms with E-state index in [-0.39, 0.29) is 18.9 Å². The van der Waals surface area contributed by atoms with E-state index in [1.54, 1.807) is 0 Å². The van der Waals surface area contributed by atoms with Crippen LogP contribution in [-0.2, 0) is 6.42 Å². The molecule has 2 N–H and O–H groups in total. The third-order valence-corrected chi connectivity index (χ3v) is 8.39. The Morgan fingerprint density at radius 2 is 1.76 bits per heavy atom. The standard InChI is InChI=1S/C23H30N4S.CH4/c24-22-19-9-5-4-6-17(19)14-23(22)10-12-27(13-11-23)20-15-26-21(16-25-20)28-18-7-2-1-3-8-18;/h4-6,9,15-16,18,22H,1-3,7-8,10-14,24H2;1H4/t22-;/m1./s1. The average molecular weight is 411 g/mol. The summed E-state index contributed by atoms with van der Waals surface area (Å²) in [5.41, 5.74) is 9.74. The summed E-state index contributed by atoms with van der Waals surface area (Å²) in [5, 5.41) is 1.81. The molecule has 0 radical (unpaired) electrons. The zero-order chi connectivity index (χ0) is 19.0. The maximum absolute atomic E-state index is 6.70. The second kappa shape index (κ2) is 8.65. The summed E-state index contributed by atoms with van der Waals surface area (Å²) >= 11 is 1.92.